The number of rotatable bonds is 8. The largest absolute Gasteiger partial charge is 0.350 e. The quantitative estimate of drug-likeness (QED) is 0.729. The summed E-state index contributed by atoms with van der Waals surface area (Å²) in [6.07, 6.45) is 3.08. The molecule has 1 N–H and O–H groups in total. The Balaban J connectivity index is 2.27. The molecule has 0 saturated carbocycles. The fraction of sp³-hybridized carbons (Fsp3) is 0.474. The molecule has 0 aliphatic rings. The molecule has 1 aromatic heterocycles. The molecule has 26 heavy (non-hydrogen) atoms. The minimum atomic E-state index is -0.378. The Hall–Kier alpha value is -2.70. The second-order valence-electron chi connectivity index (χ2n) is 6.42. The van der Waals surface area contributed by atoms with Gasteiger partial charge in [-0.3, -0.25) is 14.4 Å². The van der Waals surface area contributed by atoms with E-state index in [9.17, 15) is 14.4 Å². The lowest BCUT2D eigenvalue weighted by Gasteiger charge is -2.12. The van der Waals surface area contributed by atoms with Gasteiger partial charge in [-0.2, -0.15) is 5.10 Å². The number of nitrogens with one attached hydrogen (secondary N) is 1. The molecule has 0 aliphatic heterocycles. The van der Waals surface area contributed by atoms with E-state index < -0.39 is 0 Å². The molecule has 1 aromatic carbocycles. The van der Waals surface area contributed by atoms with Crippen molar-refractivity contribution in [1.29, 1.82) is 0 Å². The second-order valence-corrected chi connectivity index (χ2v) is 6.42. The summed E-state index contributed by atoms with van der Waals surface area (Å²) in [5.74, 6) is -0.440. The van der Waals surface area contributed by atoms with Crippen LogP contribution in [0.1, 0.15) is 43.1 Å². The van der Waals surface area contributed by atoms with E-state index in [0.29, 0.717) is 17.3 Å². The van der Waals surface area contributed by atoms with Crippen molar-refractivity contribution in [2.75, 3.05) is 20.6 Å². The second kappa shape index (κ2) is 9.12. The van der Waals surface area contributed by atoms with Crippen LogP contribution in [-0.4, -0.2) is 47.1 Å². The molecule has 140 valence electrons. The maximum absolute atomic E-state index is 12.6. The average Bonchev–Trinajstić information content (AvgIpc) is 2.63. The molecule has 0 unspecified atom stereocenters. The van der Waals surface area contributed by atoms with Gasteiger partial charge in [-0.25, -0.2) is 4.68 Å². The number of hydrogen-bond acceptors (Lipinski definition) is 4. The summed E-state index contributed by atoms with van der Waals surface area (Å²) in [6.45, 7) is 2.79. The van der Waals surface area contributed by atoms with Crippen LogP contribution in [0, 0.1) is 0 Å². The average molecular weight is 358 g/mol. The predicted octanol–water partition coefficient (Wildman–Crippen LogP) is 1.79. The van der Waals surface area contributed by atoms with E-state index in [4.69, 9.17) is 0 Å². The molecule has 2 amide bonds. The molecular weight excluding hydrogens is 332 g/mol. The van der Waals surface area contributed by atoms with Crippen molar-refractivity contribution in [3.8, 4) is 0 Å². The Morgan fingerprint density at radius 2 is 1.85 bits per heavy atom. The van der Waals surface area contributed by atoms with Gasteiger partial charge in [0.2, 0.25) is 5.91 Å². The molecular formula is C19H26N4O3. The van der Waals surface area contributed by atoms with Crippen LogP contribution in [0.2, 0.25) is 0 Å². The number of unbranched alkanes of at least 4 members (excludes halogenated alkanes) is 2. The third kappa shape index (κ3) is 4.68. The van der Waals surface area contributed by atoms with E-state index in [1.807, 2.05) is 0 Å². The third-order valence-electron chi connectivity index (χ3n) is 4.18. The van der Waals surface area contributed by atoms with Crippen molar-refractivity contribution in [2.45, 2.75) is 39.2 Å². The zero-order valence-corrected chi connectivity index (χ0v) is 15.6. The van der Waals surface area contributed by atoms with Gasteiger partial charge in [-0.05, 0) is 12.5 Å². The maximum atomic E-state index is 12.6. The Kier molecular flexibility index (Phi) is 6.89. The highest BCUT2D eigenvalue weighted by Gasteiger charge is 2.16. The van der Waals surface area contributed by atoms with Crippen LogP contribution in [-0.2, 0) is 11.3 Å². The minimum Gasteiger partial charge on any atom is -0.350 e. The summed E-state index contributed by atoms with van der Waals surface area (Å²) in [4.78, 5) is 38.3. The number of amides is 2. The SMILES string of the molecule is CCCCCn1nc(C(=O)NCCC(=O)N(C)C)c2ccccc2c1=O. The molecule has 2 aromatic rings. The monoisotopic (exact) mass is 358 g/mol. The molecule has 7 nitrogen and oxygen atoms in total. The molecule has 0 spiro atoms. The lowest BCUT2D eigenvalue weighted by atomic mass is 10.1. The van der Waals surface area contributed by atoms with Gasteiger partial charge in [0.15, 0.2) is 5.69 Å². The minimum absolute atomic E-state index is 0.0624. The van der Waals surface area contributed by atoms with Gasteiger partial charge in [0, 0.05) is 39.0 Å². The number of hydrogen-bond donors (Lipinski definition) is 1. The highest BCUT2D eigenvalue weighted by molar-refractivity contribution is 6.04. The Morgan fingerprint density at radius 1 is 1.15 bits per heavy atom. The number of benzene rings is 1. The lowest BCUT2D eigenvalue weighted by molar-refractivity contribution is -0.128. The number of aromatic nitrogens is 2. The first-order valence-electron chi connectivity index (χ1n) is 8.94. The summed E-state index contributed by atoms with van der Waals surface area (Å²) < 4.78 is 1.37. The molecule has 0 saturated heterocycles. The van der Waals surface area contributed by atoms with Crippen LogP contribution in [0.4, 0.5) is 0 Å². The number of carbonyl (C=O) groups is 2. The lowest BCUT2D eigenvalue weighted by Crippen LogP contribution is -2.33. The number of aryl methyl sites for hydroxylation is 1. The summed E-state index contributed by atoms with van der Waals surface area (Å²) in [5.41, 5.74) is 0.0324. The fourth-order valence-corrected chi connectivity index (χ4v) is 2.66. The highest BCUT2D eigenvalue weighted by Crippen LogP contribution is 2.13. The van der Waals surface area contributed by atoms with E-state index in [-0.39, 0.29) is 36.0 Å². The van der Waals surface area contributed by atoms with Gasteiger partial charge >= 0.3 is 0 Å². The summed E-state index contributed by atoms with van der Waals surface area (Å²) >= 11 is 0. The van der Waals surface area contributed by atoms with E-state index in [1.54, 1.807) is 38.4 Å². The van der Waals surface area contributed by atoms with E-state index in [2.05, 4.69) is 17.3 Å². The first-order chi connectivity index (χ1) is 12.5. The standard InChI is InChI=1S/C19H26N4O3/c1-4-5-8-13-23-19(26)15-10-7-6-9-14(15)17(21-23)18(25)20-12-11-16(24)22(2)3/h6-7,9-10H,4-5,8,11-13H2,1-3H3,(H,20,25). The van der Waals surface area contributed by atoms with Crippen LogP contribution >= 0.6 is 0 Å². The van der Waals surface area contributed by atoms with Crippen LogP contribution in [0.5, 0.6) is 0 Å². The highest BCUT2D eigenvalue weighted by atomic mass is 16.2. The van der Waals surface area contributed by atoms with Crippen LogP contribution in [0.15, 0.2) is 29.1 Å². The summed E-state index contributed by atoms with van der Waals surface area (Å²) in [6, 6.07) is 6.98. The molecule has 0 fully saturated rings. The molecule has 0 bridgehead atoms. The van der Waals surface area contributed by atoms with Crippen molar-refractivity contribution in [1.82, 2.24) is 20.0 Å². The summed E-state index contributed by atoms with van der Waals surface area (Å²) in [7, 11) is 3.34. The van der Waals surface area contributed by atoms with Crippen molar-refractivity contribution in [3.05, 3.63) is 40.3 Å². The zero-order valence-electron chi connectivity index (χ0n) is 15.6. The molecule has 0 aliphatic carbocycles. The number of fused-ring (bicyclic) bond motifs is 1. The molecule has 0 radical (unpaired) electrons. The van der Waals surface area contributed by atoms with Crippen molar-refractivity contribution < 1.29 is 9.59 Å². The molecule has 1 heterocycles. The van der Waals surface area contributed by atoms with E-state index in [0.717, 1.165) is 19.3 Å². The van der Waals surface area contributed by atoms with E-state index >= 15 is 0 Å². The normalized spacial score (nSPS) is 10.7. The zero-order chi connectivity index (χ0) is 19.1. The molecule has 7 heteroatoms. The van der Waals surface area contributed by atoms with Crippen molar-refractivity contribution in [3.63, 3.8) is 0 Å². The van der Waals surface area contributed by atoms with Crippen LogP contribution in [0.3, 0.4) is 0 Å². The van der Waals surface area contributed by atoms with Gasteiger partial charge in [-0.15, -0.1) is 0 Å². The van der Waals surface area contributed by atoms with Gasteiger partial charge in [0.25, 0.3) is 11.5 Å². The first kappa shape index (κ1) is 19.6. The number of carbonyl (C=O) groups excluding carboxylic acids is 2. The van der Waals surface area contributed by atoms with Gasteiger partial charge in [-0.1, -0.05) is 38.0 Å². The topological polar surface area (TPSA) is 84.3 Å². The predicted molar refractivity (Wildman–Crippen MR) is 101 cm³/mol. The smallest absolute Gasteiger partial charge is 0.274 e. The molecule has 0 atom stereocenters. The van der Waals surface area contributed by atoms with Crippen LogP contribution in [0.25, 0.3) is 10.8 Å². The summed E-state index contributed by atoms with van der Waals surface area (Å²) in [5, 5.41) is 8.04. The van der Waals surface area contributed by atoms with Gasteiger partial charge < -0.3 is 10.2 Å². The van der Waals surface area contributed by atoms with Gasteiger partial charge in [0.05, 0.1) is 5.39 Å². The molecule has 2 rings (SSSR count). The van der Waals surface area contributed by atoms with Crippen molar-refractivity contribution >= 4 is 22.6 Å². The fourth-order valence-electron chi connectivity index (χ4n) is 2.66. The number of nitrogens with zero attached hydrogens (tertiary/aromatic N) is 3. The van der Waals surface area contributed by atoms with E-state index in [1.165, 1.54) is 9.58 Å². The Morgan fingerprint density at radius 3 is 2.50 bits per heavy atom. The maximum Gasteiger partial charge on any atom is 0.274 e. The van der Waals surface area contributed by atoms with Crippen LogP contribution < -0.4 is 10.9 Å². The van der Waals surface area contributed by atoms with Gasteiger partial charge in [0.1, 0.15) is 0 Å². The Bertz CT molecular complexity index is 842. The van der Waals surface area contributed by atoms with Crippen molar-refractivity contribution in [2.24, 2.45) is 0 Å². The Labute approximate surface area is 153 Å². The third-order valence-corrected chi connectivity index (χ3v) is 4.18. The first-order valence-corrected chi connectivity index (χ1v) is 8.94.